The number of ketones is 1. The predicted octanol–water partition coefficient (Wildman–Crippen LogP) is 1.87. The van der Waals surface area contributed by atoms with Crippen molar-refractivity contribution in [2.45, 2.75) is 140 Å². The van der Waals surface area contributed by atoms with Gasteiger partial charge < -0.3 is 80.9 Å². The number of fused-ring (bicyclic) bond motifs is 5. The smallest absolute Gasteiger partial charge is 0.409 e. The van der Waals surface area contributed by atoms with Crippen LogP contribution in [0.4, 0.5) is 26.9 Å². The minimum absolute atomic E-state index is 0.00747. The number of likely N-dealkylation sites (tertiary alicyclic amines) is 1. The third-order valence-electron chi connectivity index (χ3n) is 16.0. The number of amides is 7. The number of aliphatic hydroxyl groups excluding tert-OH is 1. The summed E-state index contributed by atoms with van der Waals surface area (Å²) >= 11 is 11.0. The molecule has 2 bridgehead atoms. The molecule has 4 aliphatic rings. The number of unbranched alkanes of at least 4 members (excludes halogenated alkanes) is 1. The molecule has 13 atom stereocenters. The molecule has 4 fully saturated rings. The molecule has 94 heavy (non-hydrogen) atoms. The van der Waals surface area contributed by atoms with Crippen LogP contribution < -0.4 is 33.2 Å². The van der Waals surface area contributed by atoms with E-state index in [0.29, 0.717) is 30.5 Å². The number of nitrogens with one attached hydrogen (secondary N) is 3. The monoisotopic (exact) mass is 1390 g/mol. The van der Waals surface area contributed by atoms with Crippen molar-refractivity contribution in [2.24, 2.45) is 23.5 Å². The van der Waals surface area contributed by atoms with Gasteiger partial charge in [-0.2, -0.15) is 0 Å². The molecule has 35 nitrogen and oxygen atoms in total. The zero-order valence-corrected chi connectivity index (χ0v) is 54.9. The minimum atomic E-state index is -4.44. The van der Waals surface area contributed by atoms with Crippen LogP contribution in [-0.2, 0) is 96.0 Å². The lowest BCUT2D eigenvalue weighted by atomic mass is 9.89. The summed E-state index contributed by atoms with van der Waals surface area (Å²) in [5.41, 5.74) is 18.9. The number of hydrogen-bond acceptors (Lipinski definition) is 27. The predicted molar refractivity (Wildman–Crippen MR) is 336 cm³/mol. The molecule has 0 radical (unpaired) electrons. The number of ether oxygens (including phenoxy) is 4. The van der Waals surface area contributed by atoms with E-state index in [2.05, 4.69) is 45.9 Å². The van der Waals surface area contributed by atoms with Crippen LogP contribution in [0.15, 0.2) is 49.6 Å². The normalized spacial score (nSPS) is 26.2. The second kappa shape index (κ2) is 31.0. The fourth-order valence-electron chi connectivity index (χ4n) is 11.0. The van der Waals surface area contributed by atoms with Gasteiger partial charge in [-0.3, -0.25) is 51.8 Å². The van der Waals surface area contributed by atoms with E-state index in [9.17, 15) is 53.2 Å². The molecule has 7 amide bonds. The minimum Gasteiger partial charge on any atom is -0.455 e. The fraction of sp³-hybridized carbons (Fsp3) is 0.564. The zero-order chi connectivity index (χ0) is 67.8. The van der Waals surface area contributed by atoms with Crippen LogP contribution in [0, 0.1) is 17.8 Å². The molecule has 9 rings (SSSR count). The van der Waals surface area contributed by atoms with E-state index in [1.54, 1.807) is 45.0 Å². The van der Waals surface area contributed by atoms with Crippen molar-refractivity contribution in [3.8, 4) is 0 Å². The quantitative estimate of drug-likeness (QED) is 0.0174. The van der Waals surface area contributed by atoms with E-state index in [1.165, 1.54) is 51.3 Å². The van der Waals surface area contributed by atoms with Crippen molar-refractivity contribution >= 4 is 124 Å². The summed E-state index contributed by atoms with van der Waals surface area (Å²) in [6, 6.07) is 4.71. The molecule has 4 saturated heterocycles. The molecule has 8 heterocycles. The topological polar surface area (TPSA) is 479 Å². The first kappa shape index (κ1) is 70.9. The average molecular weight is 1390 g/mol. The molecule has 510 valence electrons. The van der Waals surface area contributed by atoms with Crippen molar-refractivity contribution in [1.29, 1.82) is 0 Å². The van der Waals surface area contributed by atoms with Crippen molar-refractivity contribution in [3.63, 3.8) is 0 Å². The van der Waals surface area contributed by atoms with Crippen molar-refractivity contribution in [2.75, 3.05) is 56.7 Å². The Morgan fingerprint density at radius 3 is 2.05 bits per heavy atom. The molecule has 1 aromatic carbocycles. The number of Topliss-reactive ketones (excluding diaryl/α,β-unsaturated/α-hetero) is 1. The molecule has 12 N–H and O–H groups in total. The third kappa shape index (κ3) is 17.5. The van der Waals surface area contributed by atoms with Gasteiger partial charge in [0.25, 0.3) is 0 Å². The van der Waals surface area contributed by atoms with Crippen LogP contribution in [0.5, 0.6) is 0 Å². The first-order valence-corrected chi connectivity index (χ1v) is 35.2. The number of rotatable bonds is 25. The zero-order valence-electron chi connectivity index (χ0n) is 51.4. The van der Waals surface area contributed by atoms with Crippen LogP contribution >= 0.6 is 13.4 Å². The van der Waals surface area contributed by atoms with Gasteiger partial charge in [0, 0.05) is 69.9 Å². The lowest BCUT2D eigenvalue weighted by molar-refractivity contribution is -0.158. The summed E-state index contributed by atoms with van der Waals surface area (Å²) in [7, 11) is 1.45. The van der Waals surface area contributed by atoms with Crippen LogP contribution in [0.1, 0.15) is 96.6 Å². The Morgan fingerprint density at radius 2 is 1.44 bits per heavy atom. The SMILES string of the molecule is CC1CC(=O)N(CCCCC(=O)N[C@H](C(=O)C[C@@H](CCCNC(N)=O)C(=O)Nc2ccc(COC(=O)N(C)CCCC(=O)O[C@@H]3[C@@H]4OP(O)(=S)OC[C@H]5O[C@@H](n6cnc7c(N)ncnc76)[C@H](OP(O)(=S)OC[C@H]4O[C@H]3n3cnc4c(N)ncnc43)[C@@H]5O)cc2)C(C)C)C1=O. The molecule has 3 unspecified atom stereocenters. The Labute approximate surface area is 547 Å². The molecule has 4 aliphatic heterocycles. The highest BCUT2D eigenvalue weighted by Gasteiger charge is 2.54. The van der Waals surface area contributed by atoms with Gasteiger partial charge in [0.2, 0.25) is 23.6 Å². The highest BCUT2D eigenvalue weighted by Crippen LogP contribution is 2.54. The number of aromatic nitrogens is 8. The van der Waals surface area contributed by atoms with Crippen LogP contribution in [0.25, 0.3) is 22.3 Å². The molecule has 0 aliphatic carbocycles. The maximum atomic E-state index is 13.9. The number of esters is 1. The fourth-order valence-corrected chi connectivity index (χ4v) is 13.9. The highest BCUT2D eigenvalue weighted by molar-refractivity contribution is 8.07. The summed E-state index contributed by atoms with van der Waals surface area (Å²) in [6.45, 7) is -4.74. The Morgan fingerprint density at radius 1 is 0.819 bits per heavy atom. The average Bonchev–Trinajstić information content (AvgIpc) is 1.62. The molecule has 39 heteroatoms. The molecule has 5 aromatic rings. The maximum absolute atomic E-state index is 13.9. The number of imide groups is 1. The van der Waals surface area contributed by atoms with E-state index >= 15 is 0 Å². The Kier molecular flexibility index (Phi) is 23.4. The summed E-state index contributed by atoms with van der Waals surface area (Å²) in [4.78, 5) is 154. The molecule has 4 aromatic heterocycles. The van der Waals surface area contributed by atoms with Gasteiger partial charge in [0.05, 0.1) is 31.9 Å². The van der Waals surface area contributed by atoms with E-state index in [0.717, 1.165) is 0 Å². The first-order chi connectivity index (χ1) is 44.7. The maximum Gasteiger partial charge on any atom is 0.409 e. The van der Waals surface area contributed by atoms with E-state index in [4.69, 9.17) is 77.9 Å². The molecular formula is C55H74N16O19P2S2. The van der Waals surface area contributed by atoms with Crippen molar-refractivity contribution in [3.05, 3.63) is 55.1 Å². The Balaban J connectivity index is 0.787. The summed E-state index contributed by atoms with van der Waals surface area (Å²) < 4.78 is 50.6. The number of carbonyl (C=O) groups excluding carboxylic acids is 8. The van der Waals surface area contributed by atoms with Crippen molar-refractivity contribution in [1.82, 2.24) is 59.5 Å². The number of carbonyl (C=O) groups is 8. The van der Waals surface area contributed by atoms with Gasteiger partial charge in [0.1, 0.15) is 60.8 Å². The summed E-state index contributed by atoms with van der Waals surface area (Å²) in [5.74, 6) is -4.11. The number of nitrogens with zero attached hydrogens (tertiary/aromatic N) is 10. The molecule has 0 spiro atoms. The second-order valence-corrected chi connectivity index (χ2v) is 28.8. The third-order valence-corrected chi connectivity index (χ3v) is 19.1. The van der Waals surface area contributed by atoms with E-state index in [-0.39, 0.29) is 128 Å². The number of imidazole rings is 2. The molecule has 0 saturated carbocycles. The molecular weight excluding hydrogens is 1310 g/mol. The Hall–Kier alpha value is -7.38. The van der Waals surface area contributed by atoms with Crippen LogP contribution in [-0.4, -0.2) is 194 Å². The first-order valence-electron chi connectivity index (χ1n) is 30.0. The number of urea groups is 1. The van der Waals surface area contributed by atoms with E-state index < -0.39 is 118 Å². The van der Waals surface area contributed by atoms with Gasteiger partial charge in [-0.1, -0.05) is 32.9 Å². The van der Waals surface area contributed by atoms with Crippen molar-refractivity contribution < 1.29 is 90.3 Å². The van der Waals surface area contributed by atoms with Gasteiger partial charge in [0.15, 0.2) is 47.3 Å². The number of nitrogen functional groups attached to an aromatic ring is 2. The number of hydrogen-bond donors (Lipinski definition) is 9. The highest BCUT2D eigenvalue weighted by atomic mass is 32.5. The summed E-state index contributed by atoms with van der Waals surface area (Å²) in [6.07, 6.45) is -6.28. The largest absolute Gasteiger partial charge is 0.455 e. The van der Waals surface area contributed by atoms with Crippen LogP contribution in [0.3, 0.4) is 0 Å². The Bertz CT molecular complexity index is 3720. The standard InChI is InChI=1S/C55H74N16O19P2S2/c1-28(2)39(67-36(73)10-5-6-18-69-37(74)19-29(3)51(69)78)33(72)20-31(9-7-16-59-54(58)79)50(77)66-32-14-12-30(13-15-32)21-83-55(80)68(4)17-8-11-38(75)88-45-43-35(87-53(45)71-27-65-41-47(57)61-25-63-49(41)71)23-85-92(82,94)90-44-42(76)34(22-84-91(81,93)89-43)86-52(44)70-26-64-40-46(56)60-24-62-48(40)70/h12-15,24-29,31,34-35,39,42-45,52-53,76H,5-11,16-23H2,1-4H3,(H,66,77)(H,67,73)(H,81,93)(H,82,94)(H2,56,60,62)(H2,57,61,63)(H3,58,59,79)/t29?,31-,34-,35-,39+,42-,43-,44-,45-,52-,53-,91?,92?/m1/s1. The second-order valence-electron chi connectivity index (χ2n) is 23.2. The number of benzene rings is 1. The van der Waals surface area contributed by atoms with E-state index in [1.807, 2.05) is 0 Å². The number of aliphatic hydroxyl groups is 1. The van der Waals surface area contributed by atoms with Gasteiger partial charge in [-0.25, -0.2) is 39.5 Å². The number of anilines is 3. The van der Waals surface area contributed by atoms with Gasteiger partial charge in [-0.15, -0.1) is 0 Å². The summed E-state index contributed by atoms with van der Waals surface area (Å²) in [5, 5.41) is 19.6. The lowest BCUT2D eigenvalue weighted by Crippen LogP contribution is -2.45. The van der Waals surface area contributed by atoms with Gasteiger partial charge in [-0.05, 0) is 79.3 Å². The number of primary amides is 1. The van der Waals surface area contributed by atoms with Gasteiger partial charge >= 0.3 is 31.5 Å². The van der Waals surface area contributed by atoms with Crippen LogP contribution in [0.2, 0.25) is 0 Å². The number of nitrogens with two attached hydrogens (primary N) is 3. The lowest BCUT2D eigenvalue weighted by Gasteiger charge is -2.29.